The SMILES string of the molecule is Cc1ccc(CNC(=O)CCc2nc3ccccc3[nH]2)c(C)c1. The summed E-state index contributed by atoms with van der Waals surface area (Å²) in [5.74, 6) is 0.901. The number of carbonyl (C=O) groups excluding carboxylic acids is 1. The van der Waals surface area contributed by atoms with E-state index in [9.17, 15) is 4.79 Å². The second-order valence-electron chi connectivity index (χ2n) is 5.91. The van der Waals surface area contributed by atoms with E-state index in [0.717, 1.165) is 22.4 Å². The highest BCUT2D eigenvalue weighted by molar-refractivity contribution is 5.77. The predicted octanol–water partition coefficient (Wildman–Crippen LogP) is 3.43. The van der Waals surface area contributed by atoms with Gasteiger partial charge >= 0.3 is 0 Å². The molecule has 0 aliphatic carbocycles. The normalized spacial score (nSPS) is 10.9. The van der Waals surface area contributed by atoms with Gasteiger partial charge in [-0.1, -0.05) is 35.9 Å². The molecule has 4 heteroatoms. The van der Waals surface area contributed by atoms with Gasteiger partial charge in [0.05, 0.1) is 11.0 Å². The maximum absolute atomic E-state index is 12.0. The average Bonchev–Trinajstić information content (AvgIpc) is 2.95. The molecule has 118 valence electrons. The summed E-state index contributed by atoms with van der Waals surface area (Å²) < 4.78 is 0. The summed E-state index contributed by atoms with van der Waals surface area (Å²) >= 11 is 0. The smallest absolute Gasteiger partial charge is 0.220 e. The van der Waals surface area contributed by atoms with Crippen molar-refractivity contribution in [2.75, 3.05) is 0 Å². The first kappa shape index (κ1) is 15.3. The summed E-state index contributed by atoms with van der Waals surface area (Å²) in [6.45, 7) is 4.72. The van der Waals surface area contributed by atoms with Gasteiger partial charge < -0.3 is 10.3 Å². The molecule has 0 saturated heterocycles. The number of nitrogens with zero attached hydrogens (tertiary/aromatic N) is 1. The summed E-state index contributed by atoms with van der Waals surface area (Å²) in [5.41, 5.74) is 5.56. The van der Waals surface area contributed by atoms with Crippen LogP contribution in [0.15, 0.2) is 42.5 Å². The average molecular weight is 307 g/mol. The van der Waals surface area contributed by atoms with Gasteiger partial charge in [-0.25, -0.2) is 4.98 Å². The molecular weight excluding hydrogens is 286 g/mol. The monoisotopic (exact) mass is 307 g/mol. The Labute approximate surface area is 136 Å². The number of aromatic amines is 1. The third-order valence-electron chi connectivity index (χ3n) is 4.00. The zero-order valence-corrected chi connectivity index (χ0v) is 13.5. The van der Waals surface area contributed by atoms with Crippen molar-refractivity contribution in [1.29, 1.82) is 0 Å². The van der Waals surface area contributed by atoms with Crippen LogP contribution in [0.3, 0.4) is 0 Å². The van der Waals surface area contributed by atoms with Crippen LogP contribution in [-0.4, -0.2) is 15.9 Å². The minimum Gasteiger partial charge on any atom is -0.352 e. The van der Waals surface area contributed by atoms with E-state index in [1.807, 2.05) is 24.3 Å². The molecule has 0 atom stereocenters. The van der Waals surface area contributed by atoms with Gasteiger partial charge in [-0.2, -0.15) is 0 Å². The maximum atomic E-state index is 12.0. The van der Waals surface area contributed by atoms with Crippen molar-refractivity contribution >= 4 is 16.9 Å². The molecule has 0 aliphatic heterocycles. The van der Waals surface area contributed by atoms with Gasteiger partial charge in [0.15, 0.2) is 0 Å². The van der Waals surface area contributed by atoms with Gasteiger partial charge in [0.2, 0.25) is 5.91 Å². The number of carbonyl (C=O) groups is 1. The number of aryl methyl sites for hydroxylation is 3. The highest BCUT2D eigenvalue weighted by Gasteiger charge is 2.07. The molecule has 1 heterocycles. The predicted molar refractivity (Wildman–Crippen MR) is 92.2 cm³/mol. The summed E-state index contributed by atoms with van der Waals surface area (Å²) in [6, 6.07) is 14.2. The second-order valence-corrected chi connectivity index (χ2v) is 5.91. The van der Waals surface area contributed by atoms with Gasteiger partial charge in [0.25, 0.3) is 0 Å². The van der Waals surface area contributed by atoms with E-state index in [1.165, 1.54) is 11.1 Å². The van der Waals surface area contributed by atoms with Crippen molar-refractivity contribution in [3.63, 3.8) is 0 Å². The molecule has 0 fully saturated rings. The number of hydrogen-bond acceptors (Lipinski definition) is 2. The van der Waals surface area contributed by atoms with Gasteiger partial charge in [-0.05, 0) is 37.1 Å². The molecule has 3 rings (SSSR count). The summed E-state index contributed by atoms with van der Waals surface area (Å²) in [5, 5.41) is 2.98. The number of imidazole rings is 1. The minimum atomic E-state index is 0.0467. The highest BCUT2D eigenvalue weighted by Crippen LogP contribution is 2.12. The molecule has 2 aromatic carbocycles. The number of H-pyrrole nitrogens is 1. The molecule has 1 aromatic heterocycles. The molecule has 3 aromatic rings. The Morgan fingerprint density at radius 3 is 2.78 bits per heavy atom. The maximum Gasteiger partial charge on any atom is 0.220 e. The van der Waals surface area contributed by atoms with Crippen LogP contribution in [0, 0.1) is 13.8 Å². The third-order valence-corrected chi connectivity index (χ3v) is 4.00. The van der Waals surface area contributed by atoms with E-state index < -0.39 is 0 Å². The molecule has 0 aliphatic rings. The molecule has 0 spiro atoms. The summed E-state index contributed by atoms with van der Waals surface area (Å²) in [6.07, 6.45) is 1.05. The molecule has 1 amide bonds. The lowest BCUT2D eigenvalue weighted by Crippen LogP contribution is -2.23. The molecule has 4 nitrogen and oxygen atoms in total. The first-order valence-corrected chi connectivity index (χ1v) is 7.88. The van der Waals surface area contributed by atoms with Crippen LogP contribution in [0.5, 0.6) is 0 Å². The van der Waals surface area contributed by atoms with Crippen molar-refractivity contribution in [1.82, 2.24) is 15.3 Å². The minimum absolute atomic E-state index is 0.0467. The Balaban J connectivity index is 1.53. The second kappa shape index (κ2) is 6.65. The summed E-state index contributed by atoms with van der Waals surface area (Å²) in [4.78, 5) is 19.8. The Bertz CT molecular complexity index is 803. The lowest BCUT2D eigenvalue weighted by Gasteiger charge is -2.08. The van der Waals surface area contributed by atoms with Gasteiger partial charge in [0.1, 0.15) is 5.82 Å². The van der Waals surface area contributed by atoms with Crippen molar-refractivity contribution in [2.45, 2.75) is 33.2 Å². The van der Waals surface area contributed by atoms with E-state index in [-0.39, 0.29) is 5.91 Å². The van der Waals surface area contributed by atoms with E-state index >= 15 is 0 Å². The molecule has 0 radical (unpaired) electrons. The quantitative estimate of drug-likeness (QED) is 0.758. The van der Waals surface area contributed by atoms with Crippen molar-refractivity contribution in [3.05, 3.63) is 65.0 Å². The number of para-hydroxylation sites is 2. The van der Waals surface area contributed by atoms with Gasteiger partial charge in [0, 0.05) is 19.4 Å². The van der Waals surface area contributed by atoms with E-state index in [4.69, 9.17) is 0 Å². The van der Waals surface area contributed by atoms with Crippen molar-refractivity contribution in [2.24, 2.45) is 0 Å². The Morgan fingerprint density at radius 1 is 1.17 bits per heavy atom. The largest absolute Gasteiger partial charge is 0.352 e. The van der Waals surface area contributed by atoms with Crippen LogP contribution in [0.25, 0.3) is 11.0 Å². The Hall–Kier alpha value is -2.62. The molecular formula is C19H21N3O. The fourth-order valence-electron chi connectivity index (χ4n) is 2.68. The molecule has 2 N–H and O–H groups in total. The summed E-state index contributed by atoms with van der Waals surface area (Å²) in [7, 11) is 0. The zero-order valence-electron chi connectivity index (χ0n) is 13.5. The fourth-order valence-corrected chi connectivity index (χ4v) is 2.68. The number of nitrogens with one attached hydrogen (secondary N) is 2. The first-order valence-electron chi connectivity index (χ1n) is 7.88. The zero-order chi connectivity index (χ0) is 16.2. The molecule has 23 heavy (non-hydrogen) atoms. The van der Waals surface area contributed by atoms with Crippen LogP contribution in [0.1, 0.15) is 28.9 Å². The number of hydrogen-bond donors (Lipinski definition) is 2. The number of amides is 1. The molecule has 0 unspecified atom stereocenters. The molecule has 0 bridgehead atoms. The highest BCUT2D eigenvalue weighted by atomic mass is 16.1. The van der Waals surface area contributed by atoms with Crippen LogP contribution < -0.4 is 5.32 Å². The molecule has 0 saturated carbocycles. The Kier molecular flexibility index (Phi) is 4.42. The standard InChI is InChI=1S/C19H21N3O/c1-13-7-8-15(14(2)11-13)12-20-19(23)10-9-18-21-16-5-3-4-6-17(16)22-18/h3-8,11H,9-10,12H2,1-2H3,(H,20,23)(H,21,22). The number of benzene rings is 2. The topological polar surface area (TPSA) is 57.8 Å². The lowest BCUT2D eigenvalue weighted by molar-refractivity contribution is -0.121. The van der Waals surface area contributed by atoms with Crippen LogP contribution in [0.2, 0.25) is 0 Å². The number of fused-ring (bicyclic) bond motifs is 1. The number of aromatic nitrogens is 2. The van der Waals surface area contributed by atoms with Gasteiger partial charge in [-0.3, -0.25) is 4.79 Å². The lowest BCUT2D eigenvalue weighted by atomic mass is 10.1. The van der Waals surface area contributed by atoms with Crippen LogP contribution in [-0.2, 0) is 17.8 Å². The first-order chi connectivity index (χ1) is 11.1. The Morgan fingerprint density at radius 2 is 2.00 bits per heavy atom. The fraction of sp³-hybridized carbons (Fsp3) is 0.263. The third kappa shape index (κ3) is 3.77. The van der Waals surface area contributed by atoms with E-state index in [0.29, 0.717) is 19.4 Å². The van der Waals surface area contributed by atoms with Crippen molar-refractivity contribution in [3.8, 4) is 0 Å². The number of rotatable bonds is 5. The van der Waals surface area contributed by atoms with Crippen molar-refractivity contribution < 1.29 is 4.79 Å². The van der Waals surface area contributed by atoms with Crippen LogP contribution in [0.4, 0.5) is 0 Å². The van der Waals surface area contributed by atoms with E-state index in [2.05, 4.69) is 47.3 Å². The van der Waals surface area contributed by atoms with Crippen LogP contribution >= 0.6 is 0 Å². The van der Waals surface area contributed by atoms with E-state index in [1.54, 1.807) is 0 Å². The van der Waals surface area contributed by atoms with Gasteiger partial charge in [-0.15, -0.1) is 0 Å².